The maximum absolute atomic E-state index is 13.4. The Kier molecular flexibility index (Phi) is 3.36. The molecule has 4 aromatic rings. The van der Waals surface area contributed by atoms with Crippen molar-refractivity contribution in [3.05, 3.63) is 114 Å². The van der Waals surface area contributed by atoms with Gasteiger partial charge in [-0.15, -0.1) is 0 Å². The van der Waals surface area contributed by atoms with E-state index in [0.717, 1.165) is 33.2 Å². The van der Waals surface area contributed by atoms with Gasteiger partial charge in [0.2, 0.25) is 0 Å². The van der Waals surface area contributed by atoms with Crippen molar-refractivity contribution in [3.8, 4) is 0 Å². The van der Waals surface area contributed by atoms with Crippen LogP contribution in [0.25, 0.3) is 10.8 Å². The van der Waals surface area contributed by atoms with Gasteiger partial charge in [-0.05, 0) is 28.6 Å². The van der Waals surface area contributed by atoms with Crippen LogP contribution in [0.4, 0.5) is 5.69 Å². The van der Waals surface area contributed by atoms with Crippen molar-refractivity contribution in [1.29, 1.82) is 0 Å². The molecule has 26 heavy (non-hydrogen) atoms. The van der Waals surface area contributed by atoms with E-state index in [9.17, 15) is 4.79 Å². The number of amides is 1. The largest absolute Gasteiger partial charge is 0.296 e. The molecule has 0 unspecified atom stereocenters. The van der Waals surface area contributed by atoms with Crippen molar-refractivity contribution >= 4 is 22.4 Å². The Morgan fingerprint density at radius 2 is 1.19 bits per heavy atom. The minimum Gasteiger partial charge on any atom is -0.296 e. The molecule has 0 atom stereocenters. The topological polar surface area (TPSA) is 20.3 Å². The molecule has 5 rings (SSSR count). The van der Waals surface area contributed by atoms with E-state index >= 15 is 0 Å². The molecule has 0 radical (unpaired) electrons. The quantitative estimate of drug-likeness (QED) is 0.478. The van der Waals surface area contributed by atoms with Crippen LogP contribution < -0.4 is 4.90 Å². The first-order chi connectivity index (χ1) is 12.8. The van der Waals surface area contributed by atoms with Crippen LogP contribution in [0.3, 0.4) is 0 Å². The number of benzene rings is 4. The normalized spacial score (nSPS) is 13.0. The summed E-state index contributed by atoms with van der Waals surface area (Å²) in [7, 11) is 0. The Morgan fingerprint density at radius 1 is 0.615 bits per heavy atom. The maximum Gasteiger partial charge on any atom is 0.259 e. The van der Waals surface area contributed by atoms with Crippen molar-refractivity contribution in [2.24, 2.45) is 0 Å². The zero-order valence-corrected chi connectivity index (χ0v) is 14.2. The van der Waals surface area contributed by atoms with Crippen LogP contribution in [0.1, 0.15) is 27.5 Å². The number of anilines is 1. The molecule has 1 aliphatic rings. The van der Waals surface area contributed by atoms with Gasteiger partial charge in [-0.25, -0.2) is 0 Å². The molecule has 1 aliphatic heterocycles. The van der Waals surface area contributed by atoms with Gasteiger partial charge in [-0.1, -0.05) is 84.9 Å². The highest BCUT2D eigenvalue weighted by atomic mass is 16.2. The monoisotopic (exact) mass is 335 g/mol. The molecular formula is C24H17NO. The molecular weight excluding hydrogens is 318 g/mol. The van der Waals surface area contributed by atoms with Crippen molar-refractivity contribution in [2.45, 2.75) is 6.04 Å². The molecule has 0 N–H and O–H groups in total. The number of carbonyl (C=O) groups excluding carboxylic acids is 1. The van der Waals surface area contributed by atoms with E-state index in [1.807, 2.05) is 59.5 Å². The van der Waals surface area contributed by atoms with E-state index in [4.69, 9.17) is 0 Å². The zero-order chi connectivity index (χ0) is 17.5. The van der Waals surface area contributed by atoms with Crippen LogP contribution in [0.2, 0.25) is 0 Å². The molecule has 1 heterocycles. The Hall–Kier alpha value is -3.39. The van der Waals surface area contributed by atoms with Crippen LogP contribution in [0, 0.1) is 0 Å². The van der Waals surface area contributed by atoms with Crippen LogP contribution in [-0.2, 0) is 0 Å². The van der Waals surface area contributed by atoms with Crippen molar-refractivity contribution in [1.82, 2.24) is 0 Å². The molecule has 0 aliphatic carbocycles. The lowest BCUT2D eigenvalue weighted by Gasteiger charge is -2.30. The first kappa shape index (κ1) is 14.9. The van der Waals surface area contributed by atoms with Crippen LogP contribution in [0.15, 0.2) is 97.1 Å². The van der Waals surface area contributed by atoms with Gasteiger partial charge >= 0.3 is 0 Å². The third-order valence-corrected chi connectivity index (χ3v) is 5.08. The number of hydrogen-bond acceptors (Lipinski definition) is 1. The average Bonchev–Trinajstić information content (AvgIpc) is 2.99. The number of carbonyl (C=O) groups is 1. The molecule has 4 aromatic carbocycles. The molecule has 124 valence electrons. The molecule has 0 saturated carbocycles. The zero-order valence-electron chi connectivity index (χ0n) is 14.2. The average molecular weight is 335 g/mol. The summed E-state index contributed by atoms with van der Waals surface area (Å²) >= 11 is 0. The molecule has 0 aromatic heterocycles. The summed E-state index contributed by atoms with van der Waals surface area (Å²) in [4.78, 5) is 15.3. The highest BCUT2D eigenvalue weighted by molar-refractivity contribution is 6.25. The summed E-state index contributed by atoms with van der Waals surface area (Å²) in [5, 5.41) is 2.16. The summed E-state index contributed by atoms with van der Waals surface area (Å²) in [6, 6.07) is 32.4. The van der Waals surface area contributed by atoms with E-state index in [2.05, 4.69) is 42.5 Å². The second kappa shape index (κ2) is 5.85. The standard InChI is InChI=1S/C24H17NO/c26-24-20-15-7-13-17-14-8-16-21(22(17)20)25(24)23(18-9-3-1-4-10-18)19-11-5-2-6-12-19/h1-16,23H. The van der Waals surface area contributed by atoms with Crippen molar-refractivity contribution in [3.63, 3.8) is 0 Å². The molecule has 2 heteroatoms. The first-order valence-electron chi connectivity index (χ1n) is 8.80. The third-order valence-electron chi connectivity index (χ3n) is 5.08. The Morgan fingerprint density at radius 3 is 1.81 bits per heavy atom. The lowest BCUT2D eigenvalue weighted by Crippen LogP contribution is -2.32. The second-order valence-corrected chi connectivity index (χ2v) is 6.58. The van der Waals surface area contributed by atoms with E-state index in [0.29, 0.717) is 0 Å². The van der Waals surface area contributed by atoms with Gasteiger partial charge in [0.05, 0.1) is 11.7 Å². The number of hydrogen-bond donors (Lipinski definition) is 0. The SMILES string of the molecule is O=C1c2cccc3cccc(c23)N1C(c1ccccc1)c1ccccc1. The van der Waals surface area contributed by atoms with Crippen LogP contribution in [0.5, 0.6) is 0 Å². The van der Waals surface area contributed by atoms with Gasteiger partial charge in [-0.3, -0.25) is 9.69 Å². The Balaban J connectivity index is 1.76. The molecule has 1 amide bonds. The predicted molar refractivity (Wildman–Crippen MR) is 105 cm³/mol. The van der Waals surface area contributed by atoms with Crippen molar-refractivity contribution in [2.75, 3.05) is 4.90 Å². The highest BCUT2D eigenvalue weighted by Crippen LogP contribution is 2.43. The molecule has 0 saturated heterocycles. The first-order valence-corrected chi connectivity index (χ1v) is 8.80. The summed E-state index contributed by atoms with van der Waals surface area (Å²) < 4.78 is 0. The van der Waals surface area contributed by atoms with Crippen LogP contribution >= 0.6 is 0 Å². The number of nitrogens with zero attached hydrogens (tertiary/aromatic N) is 1. The Bertz CT molecular complexity index is 1060. The smallest absolute Gasteiger partial charge is 0.259 e. The van der Waals surface area contributed by atoms with Gasteiger partial charge in [-0.2, -0.15) is 0 Å². The fourth-order valence-corrected chi connectivity index (χ4v) is 3.96. The van der Waals surface area contributed by atoms with E-state index < -0.39 is 0 Å². The van der Waals surface area contributed by atoms with Crippen molar-refractivity contribution < 1.29 is 4.79 Å². The summed E-state index contributed by atoms with van der Waals surface area (Å²) in [5.74, 6) is 0.0644. The van der Waals surface area contributed by atoms with E-state index in [-0.39, 0.29) is 11.9 Å². The summed E-state index contributed by atoms with van der Waals surface area (Å²) in [6.45, 7) is 0. The molecule has 0 bridgehead atoms. The molecule has 0 fully saturated rings. The Labute approximate surface area is 152 Å². The lowest BCUT2D eigenvalue weighted by molar-refractivity contribution is 0.0986. The minimum absolute atomic E-state index is 0.0644. The predicted octanol–water partition coefficient (Wildman–Crippen LogP) is 5.59. The minimum atomic E-state index is -0.150. The van der Waals surface area contributed by atoms with Gasteiger partial charge in [0.25, 0.3) is 5.91 Å². The summed E-state index contributed by atoms with van der Waals surface area (Å²) in [6.07, 6.45) is 0. The molecule has 0 spiro atoms. The fourth-order valence-electron chi connectivity index (χ4n) is 3.96. The van der Waals surface area contributed by atoms with E-state index in [1.54, 1.807) is 0 Å². The summed E-state index contributed by atoms with van der Waals surface area (Å²) in [5.41, 5.74) is 3.99. The van der Waals surface area contributed by atoms with Gasteiger partial charge < -0.3 is 0 Å². The second-order valence-electron chi connectivity index (χ2n) is 6.58. The number of rotatable bonds is 3. The van der Waals surface area contributed by atoms with Gasteiger partial charge in [0.1, 0.15) is 0 Å². The van der Waals surface area contributed by atoms with Gasteiger partial charge in [0, 0.05) is 10.9 Å². The van der Waals surface area contributed by atoms with Gasteiger partial charge in [0.15, 0.2) is 0 Å². The highest BCUT2D eigenvalue weighted by Gasteiger charge is 2.36. The maximum atomic E-state index is 13.4. The fraction of sp³-hybridized carbons (Fsp3) is 0.0417. The third kappa shape index (κ3) is 2.16. The molecule has 2 nitrogen and oxygen atoms in total. The van der Waals surface area contributed by atoms with E-state index in [1.165, 1.54) is 0 Å². The van der Waals surface area contributed by atoms with Crippen LogP contribution in [-0.4, -0.2) is 5.91 Å². The lowest BCUT2D eigenvalue weighted by atomic mass is 9.97.